The largest absolute Gasteiger partial charge is 0.351 e. The Labute approximate surface area is 109 Å². The van der Waals surface area contributed by atoms with E-state index in [1.807, 2.05) is 13.8 Å². The van der Waals surface area contributed by atoms with Gasteiger partial charge in [-0.25, -0.2) is 4.98 Å². The number of thiazole rings is 1. The number of carbonyl (C=O) groups excluding carboxylic acids is 1. The van der Waals surface area contributed by atoms with Crippen LogP contribution in [0.4, 0.5) is 0 Å². The van der Waals surface area contributed by atoms with Crippen molar-refractivity contribution < 1.29 is 4.79 Å². The second-order valence-corrected chi connectivity index (χ2v) is 6.20. The molecule has 1 aromatic rings. The van der Waals surface area contributed by atoms with Gasteiger partial charge in [0.15, 0.2) is 0 Å². The first-order valence-electron chi connectivity index (χ1n) is 5.40. The van der Waals surface area contributed by atoms with Crippen molar-refractivity contribution in [3.8, 4) is 0 Å². The molecule has 1 unspecified atom stereocenters. The molecular weight excluding hydrogens is 288 g/mol. The van der Waals surface area contributed by atoms with Gasteiger partial charge >= 0.3 is 0 Å². The predicted octanol–water partition coefficient (Wildman–Crippen LogP) is 3.05. The van der Waals surface area contributed by atoms with Crippen molar-refractivity contribution >= 4 is 33.2 Å². The monoisotopic (exact) mass is 304 g/mol. The molecular formula is C11H17BrN2OS. The molecule has 1 N–H and O–H groups in total. The number of nitrogens with zero attached hydrogens (tertiary/aromatic N) is 1. The molecule has 0 saturated heterocycles. The minimum Gasteiger partial charge on any atom is -0.351 e. The molecule has 0 radical (unpaired) electrons. The first-order valence-corrected chi connectivity index (χ1v) is 7.14. The smallest absolute Gasteiger partial charge is 0.263 e. The molecule has 3 nitrogen and oxygen atoms in total. The maximum Gasteiger partial charge on any atom is 0.263 e. The molecule has 0 fully saturated rings. The Balaban J connectivity index is 2.44. The van der Waals surface area contributed by atoms with Gasteiger partial charge in [-0.1, -0.05) is 22.9 Å². The summed E-state index contributed by atoms with van der Waals surface area (Å²) in [6.07, 6.45) is 2.04. The summed E-state index contributed by atoms with van der Waals surface area (Å²) in [5.41, 5.74) is 0.825. The third kappa shape index (κ3) is 3.87. The summed E-state index contributed by atoms with van der Waals surface area (Å²) in [5, 5.41) is 3.86. The van der Waals surface area contributed by atoms with Crippen LogP contribution in [0.25, 0.3) is 0 Å². The molecule has 0 aromatic carbocycles. The van der Waals surface area contributed by atoms with E-state index in [0.29, 0.717) is 11.4 Å². The van der Waals surface area contributed by atoms with E-state index in [-0.39, 0.29) is 5.91 Å². The first-order chi connectivity index (χ1) is 7.54. The minimum atomic E-state index is -0.00102. The second-order valence-electron chi connectivity index (χ2n) is 3.70. The van der Waals surface area contributed by atoms with E-state index in [9.17, 15) is 4.79 Å². The van der Waals surface area contributed by atoms with Crippen LogP contribution in [0, 0.1) is 13.8 Å². The van der Waals surface area contributed by atoms with Crippen LogP contribution in [0.2, 0.25) is 0 Å². The molecule has 1 heterocycles. The third-order valence-corrected chi connectivity index (χ3v) is 4.47. The van der Waals surface area contributed by atoms with Gasteiger partial charge in [0.25, 0.3) is 5.91 Å². The molecule has 90 valence electrons. The van der Waals surface area contributed by atoms with Crippen LogP contribution in [-0.4, -0.2) is 22.3 Å². The number of carbonyl (C=O) groups is 1. The molecule has 1 aromatic heterocycles. The van der Waals surface area contributed by atoms with E-state index in [1.54, 1.807) is 0 Å². The summed E-state index contributed by atoms with van der Waals surface area (Å²) in [5.74, 6) is -0.00102. The Kier molecular flexibility index (Phi) is 5.41. The fourth-order valence-electron chi connectivity index (χ4n) is 1.37. The lowest BCUT2D eigenvalue weighted by molar-refractivity contribution is 0.0956. The van der Waals surface area contributed by atoms with Crippen molar-refractivity contribution in [3.05, 3.63) is 15.6 Å². The summed E-state index contributed by atoms with van der Waals surface area (Å²) in [6.45, 7) is 6.62. The van der Waals surface area contributed by atoms with Gasteiger partial charge in [-0.15, -0.1) is 11.3 Å². The Morgan fingerprint density at radius 2 is 2.25 bits per heavy atom. The second kappa shape index (κ2) is 6.35. The van der Waals surface area contributed by atoms with Crippen LogP contribution in [0.5, 0.6) is 0 Å². The van der Waals surface area contributed by atoms with E-state index in [1.165, 1.54) is 11.3 Å². The molecule has 0 bridgehead atoms. The fraction of sp³-hybridized carbons (Fsp3) is 0.636. The van der Waals surface area contributed by atoms with Crippen molar-refractivity contribution in [2.24, 2.45) is 0 Å². The fourth-order valence-corrected chi connectivity index (χ4v) is 2.43. The van der Waals surface area contributed by atoms with E-state index in [2.05, 4.69) is 33.2 Å². The highest BCUT2D eigenvalue weighted by Crippen LogP contribution is 2.16. The molecule has 1 atom stereocenters. The highest BCUT2D eigenvalue weighted by molar-refractivity contribution is 9.09. The van der Waals surface area contributed by atoms with Gasteiger partial charge in [0.2, 0.25) is 0 Å². The molecule has 1 rings (SSSR count). The van der Waals surface area contributed by atoms with E-state index < -0.39 is 0 Å². The molecule has 16 heavy (non-hydrogen) atoms. The maximum atomic E-state index is 11.8. The van der Waals surface area contributed by atoms with E-state index in [4.69, 9.17) is 0 Å². The van der Waals surface area contributed by atoms with Gasteiger partial charge in [-0.2, -0.15) is 0 Å². The van der Waals surface area contributed by atoms with Crippen molar-refractivity contribution in [3.63, 3.8) is 0 Å². The number of hydrogen-bond donors (Lipinski definition) is 1. The summed E-state index contributed by atoms with van der Waals surface area (Å²) < 4.78 is 0. The summed E-state index contributed by atoms with van der Waals surface area (Å²) in [7, 11) is 0. The van der Waals surface area contributed by atoms with Crippen LogP contribution >= 0.6 is 27.3 Å². The van der Waals surface area contributed by atoms with Gasteiger partial charge in [0, 0.05) is 11.4 Å². The number of amides is 1. The zero-order valence-electron chi connectivity index (χ0n) is 9.84. The van der Waals surface area contributed by atoms with Gasteiger partial charge < -0.3 is 5.32 Å². The number of rotatable bonds is 5. The zero-order chi connectivity index (χ0) is 12.1. The topological polar surface area (TPSA) is 42.0 Å². The predicted molar refractivity (Wildman–Crippen MR) is 71.5 cm³/mol. The molecule has 0 aliphatic carbocycles. The number of alkyl halides is 1. The van der Waals surface area contributed by atoms with Crippen LogP contribution in [0.1, 0.15) is 40.1 Å². The lowest BCUT2D eigenvalue weighted by Crippen LogP contribution is -2.25. The highest BCUT2D eigenvalue weighted by Gasteiger charge is 2.13. The van der Waals surface area contributed by atoms with Crippen molar-refractivity contribution in [2.45, 2.75) is 38.4 Å². The molecule has 0 spiro atoms. The normalized spacial score (nSPS) is 12.5. The van der Waals surface area contributed by atoms with Crippen LogP contribution in [-0.2, 0) is 0 Å². The van der Waals surface area contributed by atoms with Crippen LogP contribution < -0.4 is 5.32 Å². The van der Waals surface area contributed by atoms with Crippen molar-refractivity contribution in [1.82, 2.24) is 10.3 Å². The lowest BCUT2D eigenvalue weighted by Gasteiger charge is -2.07. The van der Waals surface area contributed by atoms with Crippen LogP contribution in [0.3, 0.4) is 0 Å². The minimum absolute atomic E-state index is 0.00102. The standard InChI is InChI=1S/C11H17BrN2OS/c1-4-9(12)5-6-13-11(15)10-7(2)14-8(3)16-10/h9H,4-6H2,1-3H3,(H,13,15). The Morgan fingerprint density at radius 3 is 2.75 bits per heavy atom. The van der Waals surface area contributed by atoms with E-state index >= 15 is 0 Å². The molecule has 0 aliphatic rings. The van der Waals surface area contributed by atoms with Crippen molar-refractivity contribution in [2.75, 3.05) is 6.54 Å². The SMILES string of the molecule is CCC(Br)CCNC(=O)c1sc(C)nc1C. The summed E-state index contributed by atoms with van der Waals surface area (Å²) in [4.78, 5) is 17.3. The van der Waals surface area contributed by atoms with E-state index in [0.717, 1.165) is 28.4 Å². The van der Waals surface area contributed by atoms with Crippen molar-refractivity contribution in [1.29, 1.82) is 0 Å². The Morgan fingerprint density at radius 1 is 1.56 bits per heavy atom. The first kappa shape index (κ1) is 13.6. The molecule has 0 aliphatic heterocycles. The molecule has 5 heteroatoms. The zero-order valence-corrected chi connectivity index (χ0v) is 12.2. The van der Waals surface area contributed by atoms with Gasteiger partial charge in [-0.05, 0) is 26.7 Å². The number of nitrogens with one attached hydrogen (secondary N) is 1. The number of aryl methyl sites for hydroxylation is 2. The van der Waals surface area contributed by atoms with Crippen LogP contribution in [0.15, 0.2) is 0 Å². The molecule has 0 saturated carbocycles. The average molecular weight is 305 g/mol. The summed E-state index contributed by atoms with van der Waals surface area (Å²) >= 11 is 4.99. The Hall–Kier alpha value is -0.420. The number of aromatic nitrogens is 1. The Bertz CT molecular complexity index is 365. The van der Waals surface area contributed by atoms with Gasteiger partial charge in [0.05, 0.1) is 10.7 Å². The lowest BCUT2D eigenvalue weighted by atomic mass is 10.2. The van der Waals surface area contributed by atoms with Gasteiger partial charge in [-0.3, -0.25) is 4.79 Å². The number of hydrogen-bond acceptors (Lipinski definition) is 3. The summed E-state index contributed by atoms with van der Waals surface area (Å²) in [6, 6.07) is 0. The van der Waals surface area contributed by atoms with Gasteiger partial charge in [0.1, 0.15) is 4.88 Å². The third-order valence-electron chi connectivity index (χ3n) is 2.30. The quantitative estimate of drug-likeness (QED) is 0.850. The average Bonchev–Trinajstić information content (AvgIpc) is 2.57. The molecule has 1 amide bonds. The number of halogens is 1. The maximum absolute atomic E-state index is 11.8. The highest BCUT2D eigenvalue weighted by atomic mass is 79.9.